The summed E-state index contributed by atoms with van der Waals surface area (Å²) in [5, 5.41) is 9.51. The van der Waals surface area contributed by atoms with Gasteiger partial charge >= 0.3 is 0 Å². The number of hydrogen-bond donors (Lipinski definition) is 1. The summed E-state index contributed by atoms with van der Waals surface area (Å²) < 4.78 is 13.6. The maximum atomic E-state index is 13.6. The molecule has 1 N–H and O–H groups in total. The zero-order valence-electron chi connectivity index (χ0n) is 11.1. The van der Waals surface area contributed by atoms with Crippen molar-refractivity contribution in [1.82, 2.24) is 0 Å². The van der Waals surface area contributed by atoms with Crippen molar-refractivity contribution in [2.24, 2.45) is 5.92 Å². The van der Waals surface area contributed by atoms with Gasteiger partial charge in [0.1, 0.15) is 5.82 Å². The number of aryl methyl sites for hydroxylation is 1. The highest BCUT2D eigenvalue weighted by Crippen LogP contribution is 2.18. The highest BCUT2D eigenvalue weighted by atomic mass is 19.1. The van der Waals surface area contributed by atoms with E-state index in [4.69, 9.17) is 0 Å². The molecule has 0 heterocycles. The molecule has 0 bridgehead atoms. The van der Waals surface area contributed by atoms with Crippen molar-refractivity contribution in [3.05, 3.63) is 71.0 Å². The molecule has 2 rings (SSSR count). The molecule has 2 aromatic rings. The Kier molecular flexibility index (Phi) is 4.69. The second-order valence-electron chi connectivity index (χ2n) is 4.97. The molecule has 0 saturated carbocycles. The summed E-state index contributed by atoms with van der Waals surface area (Å²) in [7, 11) is 0. The van der Waals surface area contributed by atoms with Crippen LogP contribution in [-0.4, -0.2) is 11.7 Å². The smallest absolute Gasteiger partial charge is 0.126 e. The monoisotopic (exact) mass is 258 g/mol. The van der Waals surface area contributed by atoms with E-state index in [1.54, 1.807) is 12.1 Å². The molecule has 0 amide bonds. The number of rotatable bonds is 5. The minimum Gasteiger partial charge on any atom is -0.396 e. The maximum Gasteiger partial charge on any atom is 0.126 e. The highest BCUT2D eigenvalue weighted by molar-refractivity contribution is 5.26. The van der Waals surface area contributed by atoms with Crippen molar-refractivity contribution in [3.8, 4) is 0 Å². The van der Waals surface area contributed by atoms with E-state index < -0.39 is 0 Å². The fraction of sp³-hybridized carbons (Fsp3) is 0.294. The second-order valence-corrected chi connectivity index (χ2v) is 4.97. The van der Waals surface area contributed by atoms with Crippen molar-refractivity contribution in [3.63, 3.8) is 0 Å². The third kappa shape index (κ3) is 3.65. The Balaban J connectivity index is 2.09. The van der Waals surface area contributed by atoms with Gasteiger partial charge < -0.3 is 5.11 Å². The fourth-order valence-electron chi connectivity index (χ4n) is 2.33. The average Bonchev–Trinajstić information content (AvgIpc) is 2.42. The van der Waals surface area contributed by atoms with E-state index in [1.807, 2.05) is 18.2 Å². The molecule has 100 valence electrons. The minimum absolute atomic E-state index is 0.0537. The van der Waals surface area contributed by atoms with Crippen LogP contribution in [0.4, 0.5) is 4.39 Å². The number of benzene rings is 2. The molecule has 0 spiro atoms. The van der Waals surface area contributed by atoms with Crippen molar-refractivity contribution in [2.45, 2.75) is 19.8 Å². The molecule has 19 heavy (non-hydrogen) atoms. The van der Waals surface area contributed by atoms with E-state index in [0.717, 1.165) is 6.42 Å². The van der Waals surface area contributed by atoms with Gasteiger partial charge in [-0.1, -0.05) is 42.5 Å². The average molecular weight is 258 g/mol. The summed E-state index contributed by atoms with van der Waals surface area (Å²) in [6.07, 6.45) is 1.34. The highest BCUT2D eigenvalue weighted by Gasteiger charge is 2.13. The Morgan fingerprint density at radius 3 is 2.16 bits per heavy atom. The van der Waals surface area contributed by atoms with Crippen LogP contribution in [0.2, 0.25) is 0 Å². The Morgan fingerprint density at radius 2 is 1.53 bits per heavy atom. The van der Waals surface area contributed by atoms with Crippen LogP contribution in [0, 0.1) is 18.7 Å². The van der Waals surface area contributed by atoms with Crippen LogP contribution >= 0.6 is 0 Å². The molecule has 0 radical (unpaired) electrons. The van der Waals surface area contributed by atoms with Gasteiger partial charge in [-0.05, 0) is 48.4 Å². The molecule has 2 heteroatoms. The number of aliphatic hydroxyl groups excluding tert-OH is 1. The quantitative estimate of drug-likeness (QED) is 0.870. The van der Waals surface area contributed by atoms with Crippen molar-refractivity contribution in [2.75, 3.05) is 6.61 Å². The van der Waals surface area contributed by atoms with E-state index in [-0.39, 0.29) is 18.3 Å². The molecule has 0 aromatic heterocycles. The first-order valence-electron chi connectivity index (χ1n) is 6.59. The van der Waals surface area contributed by atoms with Gasteiger partial charge in [0.2, 0.25) is 0 Å². The predicted octanol–water partition coefficient (Wildman–Crippen LogP) is 3.53. The van der Waals surface area contributed by atoms with Gasteiger partial charge in [-0.25, -0.2) is 4.39 Å². The summed E-state index contributed by atoms with van der Waals surface area (Å²) in [5.41, 5.74) is 3.11. The van der Waals surface area contributed by atoms with Gasteiger partial charge in [0.25, 0.3) is 0 Å². The Morgan fingerprint density at radius 1 is 0.947 bits per heavy atom. The number of hydrogen-bond acceptors (Lipinski definition) is 1. The van der Waals surface area contributed by atoms with E-state index >= 15 is 0 Å². The zero-order chi connectivity index (χ0) is 13.7. The van der Waals surface area contributed by atoms with Gasteiger partial charge in [0.15, 0.2) is 0 Å². The Hall–Kier alpha value is -1.67. The molecule has 0 fully saturated rings. The summed E-state index contributed by atoms with van der Waals surface area (Å²) in [6, 6.07) is 14.9. The van der Waals surface area contributed by atoms with Crippen molar-refractivity contribution < 1.29 is 9.50 Å². The molecular weight excluding hydrogens is 239 g/mol. The van der Waals surface area contributed by atoms with Crippen LogP contribution in [0.5, 0.6) is 0 Å². The molecule has 0 aliphatic heterocycles. The maximum absolute atomic E-state index is 13.6. The topological polar surface area (TPSA) is 20.2 Å². The third-order valence-electron chi connectivity index (χ3n) is 3.49. The molecule has 2 aromatic carbocycles. The van der Waals surface area contributed by atoms with E-state index in [9.17, 15) is 9.50 Å². The van der Waals surface area contributed by atoms with Crippen LogP contribution < -0.4 is 0 Å². The van der Waals surface area contributed by atoms with Crippen LogP contribution in [0.25, 0.3) is 0 Å². The molecule has 1 nitrogen and oxygen atoms in total. The molecule has 0 saturated heterocycles. The molecule has 1 atom stereocenters. The summed E-state index contributed by atoms with van der Waals surface area (Å²) in [5.74, 6) is -0.135. The molecular formula is C17H19FO. The normalized spacial score (nSPS) is 12.4. The molecule has 0 aliphatic carbocycles. The second kappa shape index (κ2) is 6.48. The lowest BCUT2D eigenvalue weighted by atomic mass is 9.91. The minimum atomic E-state index is -0.189. The van der Waals surface area contributed by atoms with E-state index in [1.165, 1.54) is 17.2 Å². The lowest BCUT2D eigenvalue weighted by Gasteiger charge is -2.16. The van der Waals surface area contributed by atoms with E-state index in [2.05, 4.69) is 19.1 Å². The van der Waals surface area contributed by atoms with Crippen molar-refractivity contribution >= 4 is 0 Å². The first kappa shape index (κ1) is 13.8. The first-order chi connectivity index (χ1) is 9.20. The number of halogens is 1. The number of aliphatic hydroxyl groups is 1. The fourth-order valence-corrected chi connectivity index (χ4v) is 2.33. The summed E-state index contributed by atoms with van der Waals surface area (Å²) in [6.45, 7) is 2.13. The largest absolute Gasteiger partial charge is 0.396 e. The van der Waals surface area contributed by atoms with E-state index in [0.29, 0.717) is 12.0 Å². The molecule has 1 unspecified atom stereocenters. The standard InChI is InChI=1S/C17H19FO/c1-13-6-2-3-7-15(13)10-14(12-19)11-16-8-4-5-9-17(16)18/h2-9,14,19H,10-12H2,1H3. The summed E-state index contributed by atoms with van der Waals surface area (Å²) >= 11 is 0. The SMILES string of the molecule is Cc1ccccc1CC(CO)Cc1ccccc1F. The lowest BCUT2D eigenvalue weighted by molar-refractivity contribution is 0.224. The Bertz CT molecular complexity index is 489. The van der Waals surface area contributed by atoms with Crippen LogP contribution in [0.15, 0.2) is 48.5 Å². The Labute approximate surface area is 113 Å². The zero-order valence-corrected chi connectivity index (χ0v) is 11.1. The van der Waals surface area contributed by atoms with Gasteiger partial charge in [-0.2, -0.15) is 0 Å². The van der Waals surface area contributed by atoms with Crippen LogP contribution in [0.3, 0.4) is 0 Å². The van der Waals surface area contributed by atoms with Crippen LogP contribution in [0.1, 0.15) is 16.7 Å². The first-order valence-corrected chi connectivity index (χ1v) is 6.59. The predicted molar refractivity (Wildman–Crippen MR) is 75.6 cm³/mol. The summed E-state index contributed by atoms with van der Waals surface area (Å²) in [4.78, 5) is 0. The van der Waals surface area contributed by atoms with Gasteiger partial charge in [0.05, 0.1) is 0 Å². The lowest BCUT2D eigenvalue weighted by Crippen LogP contribution is -2.14. The van der Waals surface area contributed by atoms with Gasteiger partial charge in [-0.3, -0.25) is 0 Å². The molecule has 0 aliphatic rings. The van der Waals surface area contributed by atoms with Gasteiger partial charge in [0, 0.05) is 6.61 Å². The van der Waals surface area contributed by atoms with Gasteiger partial charge in [-0.15, -0.1) is 0 Å². The van der Waals surface area contributed by atoms with Crippen LogP contribution in [-0.2, 0) is 12.8 Å². The third-order valence-corrected chi connectivity index (χ3v) is 3.49. The van der Waals surface area contributed by atoms with Crippen molar-refractivity contribution in [1.29, 1.82) is 0 Å².